The SMILES string of the molecule is CCn1ncc(Br)c1C(=O)C(C)C. The number of nitrogens with zero attached hydrogens (tertiary/aromatic N) is 2. The van der Waals surface area contributed by atoms with E-state index < -0.39 is 0 Å². The fourth-order valence-electron chi connectivity index (χ4n) is 1.12. The zero-order chi connectivity index (χ0) is 10.0. The number of rotatable bonds is 3. The Morgan fingerprint density at radius 1 is 1.69 bits per heavy atom. The predicted octanol–water partition coefficient (Wildman–Crippen LogP) is 2.50. The normalized spacial score (nSPS) is 10.8. The quantitative estimate of drug-likeness (QED) is 0.767. The van der Waals surface area contributed by atoms with Crippen LogP contribution in [0, 0.1) is 5.92 Å². The van der Waals surface area contributed by atoms with Gasteiger partial charge in [-0.15, -0.1) is 0 Å². The van der Waals surface area contributed by atoms with Crippen molar-refractivity contribution in [3.63, 3.8) is 0 Å². The average Bonchev–Trinajstić information content (AvgIpc) is 2.45. The van der Waals surface area contributed by atoms with E-state index in [1.54, 1.807) is 10.9 Å². The molecule has 1 aromatic rings. The third kappa shape index (κ3) is 1.99. The molecule has 0 aliphatic heterocycles. The van der Waals surface area contributed by atoms with Crippen LogP contribution in [0.25, 0.3) is 0 Å². The van der Waals surface area contributed by atoms with E-state index in [0.717, 1.165) is 11.0 Å². The lowest BCUT2D eigenvalue weighted by Gasteiger charge is -2.06. The molecule has 0 saturated carbocycles. The zero-order valence-electron chi connectivity index (χ0n) is 8.04. The van der Waals surface area contributed by atoms with Gasteiger partial charge < -0.3 is 0 Å². The number of aromatic nitrogens is 2. The van der Waals surface area contributed by atoms with E-state index in [1.807, 2.05) is 20.8 Å². The summed E-state index contributed by atoms with van der Waals surface area (Å²) in [6.07, 6.45) is 1.67. The molecule has 1 aromatic heterocycles. The maximum atomic E-state index is 11.7. The lowest BCUT2D eigenvalue weighted by atomic mass is 10.1. The number of Topliss-reactive ketones (excluding diaryl/α,β-unsaturated/α-hetero) is 1. The molecule has 1 heterocycles. The van der Waals surface area contributed by atoms with Crippen molar-refractivity contribution < 1.29 is 4.79 Å². The molecule has 0 bridgehead atoms. The zero-order valence-corrected chi connectivity index (χ0v) is 9.63. The van der Waals surface area contributed by atoms with Crippen LogP contribution in [0.5, 0.6) is 0 Å². The summed E-state index contributed by atoms with van der Waals surface area (Å²) >= 11 is 3.32. The topological polar surface area (TPSA) is 34.9 Å². The third-order valence-electron chi connectivity index (χ3n) is 1.85. The highest BCUT2D eigenvalue weighted by Crippen LogP contribution is 2.19. The van der Waals surface area contributed by atoms with Crippen molar-refractivity contribution in [3.8, 4) is 0 Å². The minimum atomic E-state index is 0.0123. The van der Waals surface area contributed by atoms with Crippen LogP contribution < -0.4 is 0 Å². The van der Waals surface area contributed by atoms with Crippen LogP contribution in [-0.2, 0) is 6.54 Å². The second-order valence-corrected chi connectivity index (χ2v) is 4.03. The highest BCUT2D eigenvalue weighted by atomic mass is 79.9. The molecule has 0 N–H and O–H groups in total. The first-order valence-electron chi connectivity index (χ1n) is 4.33. The van der Waals surface area contributed by atoms with E-state index >= 15 is 0 Å². The van der Waals surface area contributed by atoms with Gasteiger partial charge in [0, 0.05) is 12.5 Å². The lowest BCUT2D eigenvalue weighted by molar-refractivity contribution is 0.0928. The van der Waals surface area contributed by atoms with Gasteiger partial charge in [-0.05, 0) is 22.9 Å². The predicted molar refractivity (Wildman–Crippen MR) is 54.8 cm³/mol. The maximum Gasteiger partial charge on any atom is 0.184 e. The van der Waals surface area contributed by atoms with Gasteiger partial charge >= 0.3 is 0 Å². The van der Waals surface area contributed by atoms with Gasteiger partial charge in [0.2, 0.25) is 0 Å². The van der Waals surface area contributed by atoms with Gasteiger partial charge in [0.1, 0.15) is 5.69 Å². The van der Waals surface area contributed by atoms with Crippen molar-refractivity contribution in [2.24, 2.45) is 5.92 Å². The number of halogens is 1. The van der Waals surface area contributed by atoms with Crippen LogP contribution in [0.15, 0.2) is 10.7 Å². The molecule has 0 aliphatic rings. The average molecular weight is 245 g/mol. The molecular formula is C9H13BrN2O. The highest BCUT2D eigenvalue weighted by Gasteiger charge is 2.18. The van der Waals surface area contributed by atoms with E-state index in [1.165, 1.54) is 0 Å². The first-order chi connectivity index (χ1) is 6.07. The molecule has 3 nitrogen and oxygen atoms in total. The van der Waals surface area contributed by atoms with Crippen molar-refractivity contribution in [3.05, 3.63) is 16.4 Å². The minimum Gasteiger partial charge on any atom is -0.292 e. The van der Waals surface area contributed by atoms with Crippen LogP contribution in [0.4, 0.5) is 0 Å². The summed E-state index contributed by atoms with van der Waals surface area (Å²) in [6.45, 7) is 6.47. The summed E-state index contributed by atoms with van der Waals surface area (Å²) < 4.78 is 2.50. The Balaban J connectivity index is 3.11. The monoisotopic (exact) mass is 244 g/mol. The largest absolute Gasteiger partial charge is 0.292 e. The summed E-state index contributed by atoms with van der Waals surface area (Å²) in [7, 11) is 0. The molecule has 1 rings (SSSR count). The van der Waals surface area contributed by atoms with E-state index in [2.05, 4.69) is 21.0 Å². The van der Waals surface area contributed by atoms with Crippen molar-refractivity contribution in [1.29, 1.82) is 0 Å². The summed E-state index contributed by atoms with van der Waals surface area (Å²) in [5, 5.41) is 4.09. The molecule has 13 heavy (non-hydrogen) atoms. The molecule has 0 amide bonds. The van der Waals surface area contributed by atoms with Gasteiger partial charge in [-0.3, -0.25) is 9.48 Å². The standard InChI is InChI=1S/C9H13BrN2O/c1-4-12-8(7(10)5-11-12)9(13)6(2)3/h5-6H,4H2,1-3H3. The minimum absolute atomic E-state index is 0.0123. The van der Waals surface area contributed by atoms with E-state index in [0.29, 0.717) is 5.69 Å². The number of carbonyl (C=O) groups excluding carboxylic acids is 1. The first kappa shape index (κ1) is 10.4. The first-order valence-corrected chi connectivity index (χ1v) is 5.12. The lowest BCUT2D eigenvalue weighted by Crippen LogP contribution is -2.14. The van der Waals surface area contributed by atoms with Gasteiger partial charge in [0.05, 0.1) is 10.7 Å². The second kappa shape index (κ2) is 4.05. The van der Waals surface area contributed by atoms with Gasteiger partial charge in [-0.1, -0.05) is 13.8 Å². The Labute approximate surface area is 86.3 Å². The van der Waals surface area contributed by atoms with Crippen LogP contribution in [0.1, 0.15) is 31.3 Å². The number of carbonyl (C=O) groups is 1. The van der Waals surface area contributed by atoms with E-state index in [-0.39, 0.29) is 11.7 Å². The molecule has 72 valence electrons. The number of hydrogen-bond donors (Lipinski definition) is 0. The Bertz CT molecular complexity index is 317. The van der Waals surface area contributed by atoms with Gasteiger partial charge in [-0.2, -0.15) is 5.10 Å². The van der Waals surface area contributed by atoms with Crippen LogP contribution in [0.3, 0.4) is 0 Å². The maximum absolute atomic E-state index is 11.7. The molecule has 0 saturated heterocycles. The van der Waals surface area contributed by atoms with Gasteiger partial charge in [0.15, 0.2) is 5.78 Å². The van der Waals surface area contributed by atoms with Crippen LogP contribution in [-0.4, -0.2) is 15.6 Å². The molecule has 0 unspecified atom stereocenters. The van der Waals surface area contributed by atoms with Crippen molar-refractivity contribution >= 4 is 21.7 Å². The number of hydrogen-bond acceptors (Lipinski definition) is 2. The summed E-state index contributed by atoms with van der Waals surface area (Å²) in [5.41, 5.74) is 0.678. The van der Waals surface area contributed by atoms with Crippen molar-refractivity contribution in [2.75, 3.05) is 0 Å². The summed E-state index contributed by atoms with van der Waals surface area (Å²) in [5.74, 6) is 0.143. The molecule has 0 aromatic carbocycles. The van der Waals surface area contributed by atoms with E-state index in [4.69, 9.17) is 0 Å². The summed E-state index contributed by atoms with van der Waals surface area (Å²) in [4.78, 5) is 11.7. The van der Waals surface area contributed by atoms with E-state index in [9.17, 15) is 4.79 Å². The number of ketones is 1. The summed E-state index contributed by atoms with van der Waals surface area (Å²) in [6, 6.07) is 0. The molecular weight excluding hydrogens is 232 g/mol. The smallest absolute Gasteiger partial charge is 0.184 e. The second-order valence-electron chi connectivity index (χ2n) is 3.18. The Hall–Kier alpha value is -0.640. The van der Waals surface area contributed by atoms with Crippen LogP contribution in [0.2, 0.25) is 0 Å². The van der Waals surface area contributed by atoms with Crippen molar-refractivity contribution in [1.82, 2.24) is 9.78 Å². The molecule has 0 atom stereocenters. The Morgan fingerprint density at radius 3 is 2.77 bits per heavy atom. The van der Waals surface area contributed by atoms with Crippen LogP contribution >= 0.6 is 15.9 Å². The third-order valence-corrected chi connectivity index (χ3v) is 2.43. The van der Waals surface area contributed by atoms with Crippen molar-refractivity contribution in [2.45, 2.75) is 27.3 Å². The fourth-order valence-corrected chi connectivity index (χ4v) is 1.61. The Kier molecular flexibility index (Phi) is 3.25. The molecule has 0 fully saturated rings. The molecule has 0 spiro atoms. The highest BCUT2D eigenvalue weighted by molar-refractivity contribution is 9.10. The molecule has 0 aliphatic carbocycles. The van der Waals surface area contributed by atoms with Gasteiger partial charge in [0.25, 0.3) is 0 Å². The molecule has 4 heteroatoms. The molecule has 0 radical (unpaired) electrons. The fraction of sp³-hybridized carbons (Fsp3) is 0.556. The Morgan fingerprint density at radius 2 is 2.31 bits per heavy atom. The number of aryl methyl sites for hydroxylation is 1. The van der Waals surface area contributed by atoms with Gasteiger partial charge in [-0.25, -0.2) is 0 Å².